The topological polar surface area (TPSA) is 93.6 Å². The standard InChI is InChI=1S/C22H27N7O/c1-16-6-8-17(9-7-16)24-22-26-20(25-21(23)27-22)15-28-10-12-29(13-11-28)18-4-3-5-19(14-18)30-2/h3-9,14H,10-13,15H2,1-2H3,(H3,23,24,25,26,27)/p+1. The molecule has 1 fully saturated rings. The number of piperazine rings is 1. The Morgan fingerprint density at radius 1 is 1.07 bits per heavy atom. The van der Waals surface area contributed by atoms with Gasteiger partial charge in [-0.15, -0.1) is 0 Å². The lowest BCUT2D eigenvalue weighted by Gasteiger charge is -2.33. The Morgan fingerprint density at radius 2 is 1.83 bits per heavy atom. The Kier molecular flexibility index (Phi) is 5.94. The number of nitrogens with two attached hydrogens (primary N) is 1. The SMILES string of the molecule is COc1cccc(N2CC[NH+](Cc3nc(N)nc(Nc4ccc(C)cc4)n3)CC2)c1. The average molecular weight is 407 g/mol. The lowest BCUT2D eigenvalue weighted by molar-refractivity contribution is -0.915. The number of nitrogens with one attached hydrogen (secondary N) is 2. The van der Waals surface area contributed by atoms with Gasteiger partial charge in [0, 0.05) is 17.4 Å². The van der Waals surface area contributed by atoms with E-state index in [1.807, 2.05) is 36.4 Å². The first kappa shape index (κ1) is 19.9. The number of hydrogen-bond donors (Lipinski definition) is 3. The number of benzene rings is 2. The van der Waals surface area contributed by atoms with E-state index in [4.69, 9.17) is 10.5 Å². The van der Waals surface area contributed by atoms with Crippen molar-refractivity contribution in [3.8, 4) is 5.75 Å². The Hall–Kier alpha value is -3.39. The number of nitrogens with zero attached hydrogens (tertiary/aromatic N) is 4. The van der Waals surface area contributed by atoms with Gasteiger partial charge in [0.15, 0.2) is 5.82 Å². The summed E-state index contributed by atoms with van der Waals surface area (Å²) in [7, 11) is 1.70. The largest absolute Gasteiger partial charge is 0.497 e. The summed E-state index contributed by atoms with van der Waals surface area (Å²) in [5, 5.41) is 3.22. The maximum absolute atomic E-state index is 5.94. The smallest absolute Gasteiger partial charge is 0.232 e. The van der Waals surface area contributed by atoms with Gasteiger partial charge in [0.1, 0.15) is 12.3 Å². The second kappa shape index (κ2) is 8.96. The Bertz CT molecular complexity index is 985. The first-order valence-electron chi connectivity index (χ1n) is 10.2. The van der Waals surface area contributed by atoms with Crippen LogP contribution in [0.1, 0.15) is 11.4 Å². The molecule has 0 radical (unpaired) electrons. The fourth-order valence-electron chi connectivity index (χ4n) is 3.63. The third-order valence-electron chi connectivity index (χ3n) is 5.30. The number of methoxy groups -OCH3 is 1. The molecule has 0 spiro atoms. The third kappa shape index (κ3) is 4.96. The van der Waals surface area contributed by atoms with Crippen molar-refractivity contribution in [2.24, 2.45) is 0 Å². The predicted octanol–water partition coefficient (Wildman–Crippen LogP) is 1.42. The van der Waals surface area contributed by atoms with Crippen LogP contribution in [0.3, 0.4) is 0 Å². The summed E-state index contributed by atoms with van der Waals surface area (Å²) in [6.45, 7) is 6.73. The van der Waals surface area contributed by atoms with Gasteiger partial charge in [-0.1, -0.05) is 23.8 Å². The Balaban J connectivity index is 1.37. The monoisotopic (exact) mass is 406 g/mol. The van der Waals surface area contributed by atoms with Crippen LogP contribution in [-0.2, 0) is 6.54 Å². The summed E-state index contributed by atoms with van der Waals surface area (Å²) in [6, 6.07) is 16.3. The van der Waals surface area contributed by atoms with Crippen molar-refractivity contribution in [2.45, 2.75) is 13.5 Å². The molecule has 0 unspecified atom stereocenters. The summed E-state index contributed by atoms with van der Waals surface area (Å²) in [5.74, 6) is 2.32. The molecule has 3 aromatic rings. The van der Waals surface area contributed by atoms with Crippen LogP contribution in [0.5, 0.6) is 5.75 Å². The van der Waals surface area contributed by atoms with Crippen molar-refractivity contribution < 1.29 is 9.64 Å². The number of quaternary nitrogens is 1. The number of hydrogen-bond acceptors (Lipinski definition) is 7. The normalized spacial score (nSPS) is 14.5. The van der Waals surface area contributed by atoms with Crippen molar-refractivity contribution >= 4 is 23.3 Å². The van der Waals surface area contributed by atoms with Crippen LogP contribution in [0, 0.1) is 6.92 Å². The molecule has 1 saturated heterocycles. The summed E-state index contributed by atoms with van der Waals surface area (Å²) in [4.78, 5) is 17.0. The maximum atomic E-state index is 5.94. The van der Waals surface area contributed by atoms with Gasteiger partial charge in [-0.2, -0.15) is 15.0 Å². The van der Waals surface area contributed by atoms with Crippen LogP contribution in [0.15, 0.2) is 48.5 Å². The molecule has 2 heterocycles. The van der Waals surface area contributed by atoms with E-state index < -0.39 is 0 Å². The zero-order chi connectivity index (χ0) is 20.9. The van der Waals surface area contributed by atoms with E-state index in [0.29, 0.717) is 11.8 Å². The van der Waals surface area contributed by atoms with Crippen LogP contribution in [0.25, 0.3) is 0 Å². The number of ether oxygens (including phenoxy) is 1. The van der Waals surface area contributed by atoms with Crippen molar-refractivity contribution in [1.82, 2.24) is 15.0 Å². The second-order valence-electron chi connectivity index (χ2n) is 7.54. The molecule has 4 N–H and O–H groups in total. The highest BCUT2D eigenvalue weighted by molar-refractivity contribution is 5.54. The van der Waals surface area contributed by atoms with Gasteiger partial charge < -0.3 is 25.6 Å². The molecule has 2 aromatic carbocycles. The highest BCUT2D eigenvalue weighted by atomic mass is 16.5. The second-order valence-corrected chi connectivity index (χ2v) is 7.54. The van der Waals surface area contributed by atoms with Gasteiger partial charge >= 0.3 is 0 Å². The molecule has 0 bridgehead atoms. The van der Waals surface area contributed by atoms with Crippen LogP contribution in [-0.4, -0.2) is 48.2 Å². The Labute approximate surface area is 176 Å². The average Bonchev–Trinajstić information content (AvgIpc) is 2.75. The molecule has 0 atom stereocenters. The van der Waals surface area contributed by atoms with Gasteiger partial charge in [-0.05, 0) is 31.2 Å². The fraction of sp³-hybridized carbons (Fsp3) is 0.318. The molecule has 0 saturated carbocycles. The molecule has 4 rings (SSSR count). The minimum absolute atomic E-state index is 0.240. The van der Waals surface area contributed by atoms with E-state index in [1.165, 1.54) is 16.2 Å². The highest BCUT2D eigenvalue weighted by Gasteiger charge is 2.22. The van der Waals surface area contributed by atoms with Crippen LogP contribution >= 0.6 is 0 Å². The number of aromatic nitrogens is 3. The minimum atomic E-state index is 0.240. The van der Waals surface area contributed by atoms with E-state index in [1.54, 1.807) is 7.11 Å². The molecule has 0 aliphatic carbocycles. The van der Waals surface area contributed by atoms with Crippen molar-refractivity contribution in [2.75, 3.05) is 49.2 Å². The quantitative estimate of drug-likeness (QED) is 0.570. The van der Waals surface area contributed by atoms with Gasteiger partial charge in [0.2, 0.25) is 11.9 Å². The van der Waals surface area contributed by atoms with E-state index in [9.17, 15) is 0 Å². The first-order chi connectivity index (χ1) is 14.6. The first-order valence-corrected chi connectivity index (χ1v) is 10.2. The zero-order valence-corrected chi connectivity index (χ0v) is 17.4. The molecular weight excluding hydrogens is 378 g/mol. The van der Waals surface area contributed by atoms with Gasteiger partial charge in [0.05, 0.1) is 33.3 Å². The molecule has 8 heteroatoms. The fourth-order valence-corrected chi connectivity index (χ4v) is 3.63. The van der Waals surface area contributed by atoms with Crippen LogP contribution in [0.4, 0.5) is 23.3 Å². The number of anilines is 4. The van der Waals surface area contributed by atoms with Crippen molar-refractivity contribution in [3.63, 3.8) is 0 Å². The molecule has 1 aliphatic heterocycles. The van der Waals surface area contributed by atoms with Crippen LogP contribution in [0.2, 0.25) is 0 Å². The minimum Gasteiger partial charge on any atom is -0.497 e. The maximum Gasteiger partial charge on any atom is 0.232 e. The van der Waals surface area contributed by atoms with E-state index in [-0.39, 0.29) is 5.95 Å². The summed E-state index contributed by atoms with van der Waals surface area (Å²) >= 11 is 0. The van der Waals surface area contributed by atoms with Crippen LogP contribution < -0.4 is 25.6 Å². The molecule has 30 heavy (non-hydrogen) atoms. The number of rotatable bonds is 6. The summed E-state index contributed by atoms with van der Waals surface area (Å²) < 4.78 is 5.34. The van der Waals surface area contributed by atoms with E-state index in [2.05, 4.69) is 44.2 Å². The third-order valence-corrected chi connectivity index (χ3v) is 5.30. The van der Waals surface area contributed by atoms with E-state index in [0.717, 1.165) is 44.2 Å². The lowest BCUT2D eigenvalue weighted by atomic mass is 10.2. The molecule has 8 nitrogen and oxygen atoms in total. The number of aryl methyl sites for hydroxylation is 1. The van der Waals surface area contributed by atoms with Crippen molar-refractivity contribution in [1.29, 1.82) is 0 Å². The predicted molar refractivity (Wildman–Crippen MR) is 118 cm³/mol. The lowest BCUT2D eigenvalue weighted by Crippen LogP contribution is -3.13. The molecule has 0 amide bonds. The van der Waals surface area contributed by atoms with Gasteiger partial charge in [-0.3, -0.25) is 0 Å². The van der Waals surface area contributed by atoms with E-state index >= 15 is 0 Å². The Morgan fingerprint density at radius 3 is 2.57 bits per heavy atom. The summed E-state index contributed by atoms with van der Waals surface area (Å²) in [5.41, 5.74) is 9.26. The molecule has 1 aliphatic rings. The molecular formula is C22H28N7O+. The van der Waals surface area contributed by atoms with Gasteiger partial charge in [0.25, 0.3) is 0 Å². The van der Waals surface area contributed by atoms with Crippen molar-refractivity contribution in [3.05, 3.63) is 59.9 Å². The summed E-state index contributed by atoms with van der Waals surface area (Å²) in [6.07, 6.45) is 0. The van der Waals surface area contributed by atoms with Gasteiger partial charge in [-0.25, -0.2) is 0 Å². The molecule has 1 aromatic heterocycles. The number of nitrogen functional groups attached to an aromatic ring is 1. The highest BCUT2D eigenvalue weighted by Crippen LogP contribution is 2.20. The molecule has 156 valence electrons. The zero-order valence-electron chi connectivity index (χ0n) is 17.4.